The number of hydrogen-bond acceptors (Lipinski definition) is 6. The summed E-state index contributed by atoms with van der Waals surface area (Å²) in [4.78, 5) is 14.8. The average Bonchev–Trinajstić information content (AvgIpc) is 3.99. The molecule has 8 heteroatoms. The first-order chi connectivity index (χ1) is 30.2. The van der Waals surface area contributed by atoms with Gasteiger partial charge in [-0.15, -0.1) is 0 Å². The maximum absolute atomic E-state index is 9.87. The molecule has 12 aromatic rings. The van der Waals surface area contributed by atoms with Crippen LogP contribution in [0.4, 0.5) is 0 Å². The van der Waals surface area contributed by atoms with Gasteiger partial charge in [-0.2, -0.15) is 10.5 Å². The van der Waals surface area contributed by atoms with Crippen LogP contribution in [0.3, 0.4) is 0 Å². The highest BCUT2D eigenvalue weighted by atomic mass is 16.3. The Bertz CT molecular complexity index is 3770. The highest BCUT2D eigenvalue weighted by Gasteiger charge is 2.23. The Balaban J connectivity index is 1.04. The molecule has 8 aromatic carbocycles. The first-order valence-corrected chi connectivity index (χ1v) is 19.9. The van der Waals surface area contributed by atoms with Crippen LogP contribution in [0.15, 0.2) is 180 Å². The summed E-state index contributed by atoms with van der Waals surface area (Å²) in [5.74, 6) is 1.84. The minimum absolute atomic E-state index is 0.337. The zero-order valence-electron chi connectivity index (χ0n) is 32.3. The van der Waals surface area contributed by atoms with Crippen molar-refractivity contribution in [3.05, 3.63) is 187 Å². The Kier molecular flexibility index (Phi) is 7.49. The monoisotopic (exact) mass is 779 g/mol. The van der Waals surface area contributed by atoms with Crippen molar-refractivity contribution < 1.29 is 4.42 Å². The van der Waals surface area contributed by atoms with E-state index in [1.54, 1.807) is 12.1 Å². The molecular weight excluding hydrogens is 751 g/mol. The van der Waals surface area contributed by atoms with Gasteiger partial charge in [0.1, 0.15) is 23.3 Å². The molecule has 282 valence electrons. The number of nitrogens with zero attached hydrogens (tertiary/aromatic N) is 7. The topological polar surface area (TPSA) is 109 Å². The molecule has 8 nitrogen and oxygen atoms in total. The van der Waals surface area contributed by atoms with Gasteiger partial charge in [0.05, 0.1) is 44.0 Å². The van der Waals surface area contributed by atoms with E-state index in [0.717, 1.165) is 93.6 Å². The number of hydrogen-bond donors (Lipinski definition) is 0. The third kappa shape index (κ3) is 5.20. The molecule has 0 fully saturated rings. The van der Waals surface area contributed by atoms with E-state index in [1.807, 2.05) is 78.9 Å². The average molecular weight is 780 g/mol. The molecule has 4 aromatic heterocycles. The number of aromatic nitrogens is 5. The molecule has 61 heavy (non-hydrogen) atoms. The van der Waals surface area contributed by atoms with Crippen LogP contribution in [0.25, 0.3) is 111 Å². The fraction of sp³-hybridized carbons (Fsp3) is 0. The second-order valence-electron chi connectivity index (χ2n) is 15.0. The maximum atomic E-state index is 9.87. The van der Waals surface area contributed by atoms with E-state index in [2.05, 4.69) is 106 Å². The Labute approximate surface area is 348 Å². The van der Waals surface area contributed by atoms with Crippen molar-refractivity contribution in [2.24, 2.45) is 0 Å². The summed E-state index contributed by atoms with van der Waals surface area (Å²) in [5.41, 5.74) is 10.9. The van der Waals surface area contributed by atoms with Crippen LogP contribution in [0, 0.1) is 22.7 Å². The van der Waals surface area contributed by atoms with Gasteiger partial charge in [0, 0.05) is 49.6 Å². The molecule has 0 aliphatic carbocycles. The lowest BCUT2D eigenvalue weighted by Crippen LogP contribution is -2.00. The highest BCUT2D eigenvalue weighted by Crippen LogP contribution is 2.45. The number of furan rings is 1. The standard InChI is InChI=1S/C53H29N7O/c54-30-35-21-24-38(29-36(35)31-55)60-44-18-10-8-16-42(44)48-46(60)28-26-40-39-25-27-45-47(49(39)61-50(40)48)41-15-7-9-17-43(41)59(45)37-22-19-34(20-23-37)53-57-51(32-11-3-1-4-12-32)56-52(58-53)33-13-5-2-6-14-33/h1-29H. The molecule has 0 saturated heterocycles. The highest BCUT2D eigenvalue weighted by molar-refractivity contribution is 6.29. The summed E-state index contributed by atoms with van der Waals surface area (Å²) >= 11 is 0. The zero-order chi connectivity index (χ0) is 40.6. The number of fused-ring (bicyclic) bond motifs is 11. The molecule has 0 radical (unpaired) electrons. The lowest BCUT2D eigenvalue weighted by Gasteiger charge is -2.10. The molecule has 0 N–H and O–H groups in total. The molecule has 0 aliphatic heterocycles. The second kappa shape index (κ2) is 13.4. The Hall–Kier alpha value is -8.85. The third-order valence-electron chi connectivity index (χ3n) is 11.7. The summed E-state index contributed by atoms with van der Waals surface area (Å²) in [6, 6.07) is 63.5. The van der Waals surface area contributed by atoms with Gasteiger partial charge >= 0.3 is 0 Å². The second-order valence-corrected chi connectivity index (χ2v) is 15.0. The van der Waals surface area contributed by atoms with Crippen molar-refractivity contribution in [3.63, 3.8) is 0 Å². The predicted octanol–water partition coefficient (Wildman–Crippen LogP) is 12.7. The van der Waals surface area contributed by atoms with Gasteiger partial charge in [0.15, 0.2) is 17.5 Å². The van der Waals surface area contributed by atoms with Crippen LogP contribution in [0.2, 0.25) is 0 Å². The van der Waals surface area contributed by atoms with Crippen molar-refractivity contribution >= 4 is 65.6 Å². The molecule has 0 amide bonds. The van der Waals surface area contributed by atoms with E-state index >= 15 is 0 Å². The van der Waals surface area contributed by atoms with E-state index < -0.39 is 0 Å². The molecule has 0 unspecified atom stereocenters. The first-order valence-electron chi connectivity index (χ1n) is 19.9. The predicted molar refractivity (Wildman–Crippen MR) is 242 cm³/mol. The lowest BCUT2D eigenvalue weighted by molar-refractivity contribution is 0.677. The molecule has 0 saturated carbocycles. The quantitative estimate of drug-likeness (QED) is 0.172. The normalized spacial score (nSPS) is 11.6. The molecule has 0 atom stereocenters. The number of rotatable bonds is 5. The Morgan fingerprint density at radius 3 is 1.33 bits per heavy atom. The van der Waals surface area contributed by atoms with Gasteiger partial charge in [-0.1, -0.05) is 97.1 Å². The molecule has 0 bridgehead atoms. The van der Waals surface area contributed by atoms with Crippen LogP contribution >= 0.6 is 0 Å². The van der Waals surface area contributed by atoms with E-state index in [1.165, 1.54) is 0 Å². The minimum atomic E-state index is 0.337. The molecule has 0 spiro atoms. The Morgan fingerprint density at radius 1 is 0.377 bits per heavy atom. The SMILES string of the molecule is N#Cc1ccc(-n2c3ccccc3c3c4oc5c(ccc6c5c5ccccc5n6-c5ccc(-c6nc(-c7ccccc7)nc(-c7ccccc7)n6)cc5)c4ccc32)cc1C#N. The fourth-order valence-corrected chi connectivity index (χ4v) is 8.91. The van der Waals surface area contributed by atoms with Crippen LogP contribution in [-0.4, -0.2) is 24.1 Å². The van der Waals surface area contributed by atoms with Crippen molar-refractivity contribution in [1.29, 1.82) is 10.5 Å². The number of nitriles is 2. The van der Waals surface area contributed by atoms with Crippen LogP contribution in [-0.2, 0) is 0 Å². The molecule has 12 rings (SSSR count). The molecule has 4 heterocycles. The van der Waals surface area contributed by atoms with Crippen molar-refractivity contribution in [2.45, 2.75) is 0 Å². The molecular formula is C53H29N7O. The van der Waals surface area contributed by atoms with Crippen molar-refractivity contribution in [1.82, 2.24) is 24.1 Å². The lowest BCUT2D eigenvalue weighted by atomic mass is 10.1. The van der Waals surface area contributed by atoms with Crippen LogP contribution in [0.1, 0.15) is 11.1 Å². The fourth-order valence-electron chi connectivity index (χ4n) is 8.91. The third-order valence-corrected chi connectivity index (χ3v) is 11.7. The minimum Gasteiger partial charge on any atom is -0.455 e. The van der Waals surface area contributed by atoms with Crippen molar-refractivity contribution in [3.8, 4) is 57.7 Å². The van der Waals surface area contributed by atoms with Gasteiger partial charge in [-0.25, -0.2) is 15.0 Å². The van der Waals surface area contributed by atoms with Gasteiger partial charge in [-0.05, 0) is 78.9 Å². The molecule has 0 aliphatic rings. The number of para-hydroxylation sites is 2. The van der Waals surface area contributed by atoms with Gasteiger partial charge in [-0.3, -0.25) is 0 Å². The van der Waals surface area contributed by atoms with E-state index in [9.17, 15) is 10.5 Å². The van der Waals surface area contributed by atoms with E-state index in [0.29, 0.717) is 28.6 Å². The van der Waals surface area contributed by atoms with Gasteiger partial charge < -0.3 is 13.6 Å². The van der Waals surface area contributed by atoms with Gasteiger partial charge in [0.2, 0.25) is 0 Å². The maximum Gasteiger partial charge on any atom is 0.164 e. The van der Waals surface area contributed by atoms with Crippen LogP contribution in [0.5, 0.6) is 0 Å². The number of benzene rings is 8. The summed E-state index contributed by atoms with van der Waals surface area (Å²) < 4.78 is 11.5. The Morgan fingerprint density at radius 2 is 0.820 bits per heavy atom. The van der Waals surface area contributed by atoms with Crippen molar-refractivity contribution in [2.75, 3.05) is 0 Å². The smallest absolute Gasteiger partial charge is 0.164 e. The van der Waals surface area contributed by atoms with E-state index in [4.69, 9.17) is 19.4 Å². The summed E-state index contributed by atoms with van der Waals surface area (Å²) in [5, 5.41) is 25.7. The summed E-state index contributed by atoms with van der Waals surface area (Å²) in [6.07, 6.45) is 0. The first kappa shape index (κ1) is 34.2. The largest absolute Gasteiger partial charge is 0.455 e. The van der Waals surface area contributed by atoms with Crippen LogP contribution < -0.4 is 0 Å². The van der Waals surface area contributed by atoms with E-state index in [-0.39, 0.29) is 0 Å². The summed E-state index contributed by atoms with van der Waals surface area (Å²) in [6.45, 7) is 0. The summed E-state index contributed by atoms with van der Waals surface area (Å²) in [7, 11) is 0. The van der Waals surface area contributed by atoms with Gasteiger partial charge in [0.25, 0.3) is 0 Å². The zero-order valence-corrected chi connectivity index (χ0v) is 32.3.